The van der Waals surface area contributed by atoms with E-state index in [0.717, 1.165) is 24.0 Å². The first kappa shape index (κ1) is 30.7. The van der Waals surface area contributed by atoms with Gasteiger partial charge in [0.15, 0.2) is 23.0 Å². The smallest absolute Gasteiger partial charge is 0.310 e. The first-order valence-corrected chi connectivity index (χ1v) is 14.0. The summed E-state index contributed by atoms with van der Waals surface area (Å²) in [5.41, 5.74) is 2.01. The molecule has 7 nitrogen and oxygen atoms in total. The summed E-state index contributed by atoms with van der Waals surface area (Å²) in [5.74, 6) is -1.15. The molecule has 1 aromatic heterocycles. The van der Waals surface area contributed by atoms with Crippen molar-refractivity contribution in [3.63, 3.8) is 0 Å². The normalized spacial score (nSPS) is 13.5. The molecular formula is C33H41NO6. The van der Waals surface area contributed by atoms with Gasteiger partial charge in [0.25, 0.3) is 0 Å². The van der Waals surface area contributed by atoms with E-state index in [4.69, 9.17) is 14.2 Å². The molecule has 0 saturated heterocycles. The zero-order valence-electron chi connectivity index (χ0n) is 24.3. The van der Waals surface area contributed by atoms with Crippen LogP contribution in [0.15, 0.2) is 66.9 Å². The molecule has 0 saturated carbocycles. The third-order valence-electron chi connectivity index (χ3n) is 7.38. The number of nitrogens with zero attached hydrogens (tertiary/aromatic N) is 1. The van der Waals surface area contributed by atoms with E-state index in [9.17, 15) is 14.7 Å². The summed E-state index contributed by atoms with van der Waals surface area (Å²) in [6, 6.07) is 19.5. The molecule has 0 radical (unpaired) electrons. The molecule has 7 heteroatoms. The Morgan fingerprint density at radius 3 is 2.23 bits per heavy atom. The Hall–Kier alpha value is -3.87. The van der Waals surface area contributed by atoms with E-state index in [2.05, 4.69) is 31.0 Å². The number of hydrogen-bond donors (Lipinski definition) is 1. The van der Waals surface area contributed by atoms with Crippen LogP contribution in [0.1, 0.15) is 64.4 Å². The van der Waals surface area contributed by atoms with Gasteiger partial charge in [-0.15, -0.1) is 0 Å². The molecule has 0 fully saturated rings. The van der Waals surface area contributed by atoms with Gasteiger partial charge in [-0.3, -0.25) is 9.59 Å². The van der Waals surface area contributed by atoms with Gasteiger partial charge in [-0.1, -0.05) is 70.2 Å². The topological polar surface area (TPSA) is 95.0 Å². The van der Waals surface area contributed by atoms with Crippen molar-refractivity contribution in [3.05, 3.63) is 72.6 Å². The summed E-state index contributed by atoms with van der Waals surface area (Å²) in [7, 11) is 1.40. The average Bonchev–Trinajstić information content (AvgIpc) is 2.96. The highest BCUT2D eigenvalue weighted by Gasteiger charge is 2.34. The van der Waals surface area contributed by atoms with Crippen LogP contribution in [0.5, 0.6) is 17.2 Å². The Morgan fingerprint density at radius 2 is 1.60 bits per heavy atom. The van der Waals surface area contributed by atoms with Crippen LogP contribution in [0.2, 0.25) is 0 Å². The Kier molecular flexibility index (Phi) is 11.1. The zero-order valence-corrected chi connectivity index (χ0v) is 24.3. The molecule has 3 atom stereocenters. The van der Waals surface area contributed by atoms with Gasteiger partial charge in [0, 0.05) is 18.7 Å². The molecule has 0 aliphatic rings. The van der Waals surface area contributed by atoms with Crippen LogP contribution in [-0.4, -0.2) is 41.2 Å². The fourth-order valence-electron chi connectivity index (χ4n) is 4.90. The van der Waals surface area contributed by atoms with Gasteiger partial charge in [-0.05, 0) is 54.9 Å². The van der Waals surface area contributed by atoms with E-state index in [1.54, 1.807) is 0 Å². The number of ether oxygens (including phenoxy) is 3. The number of carbonyl (C=O) groups is 2. The number of aromatic nitrogens is 1. The van der Waals surface area contributed by atoms with Crippen LogP contribution < -0.4 is 9.47 Å². The molecule has 1 heterocycles. The predicted molar refractivity (Wildman–Crippen MR) is 156 cm³/mol. The Morgan fingerprint density at radius 1 is 0.925 bits per heavy atom. The highest BCUT2D eigenvalue weighted by molar-refractivity contribution is 5.99. The Bertz CT molecular complexity index is 1250. The summed E-state index contributed by atoms with van der Waals surface area (Å²) in [5, 5.41) is 10.4. The second-order valence-corrected chi connectivity index (χ2v) is 10.4. The molecule has 0 unspecified atom stereocenters. The first-order chi connectivity index (χ1) is 19.2. The largest absolute Gasteiger partial charge is 0.503 e. The van der Waals surface area contributed by atoms with Gasteiger partial charge < -0.3 is 19.3 Å². The maximum Gasteiger partial charge on any atom is 0.310 e. The lowest BCUT2D eigenvalue weighted by Gasteiger charge is -2.32. The minimum Gasteiger partial charge on any atom is -0.503 e. The van der Waals surface area contributed by atoms with Crippen molar-refractivity contribution in [1.82, 2.24) is 4.98 Å². The summed E-state index contributed by atoms with van der Waals surface area (Å²) in [4.78, 5) is 30.5. The van der Waals surface area contributed by atoms with Crippen molar-refractivity contribution in [2.45, 2.75) is 66.1 Å². The molecular weight excluding hydrogens is 506 g/mol. The van der Waals surface area contributed by atoms with Crippen LogP contribution in [0.3, 0.4) is 0 Å². The summed E-state index contributed by atoms with van der Waals surface area (Å²) >= 11 is 0. The van der Waals surface area contributed by atoms with E-state index in [0.29, 0.717) is 5.75 Å². The lowest BCUT2D eigenvalue weighted by Crippen LogP contribution is -2.41. The van der Waals surface area contributed by atoms with Crippen LogP contribution in [0, 0.1) is 17.8 Å². The number of carbonyl (C=O) groups excluding carboxylic acids is 2. The van der Waals surface area contributed by atoms with E-state index in [1.165, 1.54) is 19.4 Å². The Labute approximate surface area is 237 Å². The molecule has 0 amide bonds. The molecule has 40 heavy (non-hydrogen) atoms. The van der Waals surface area contributed by atoms with Crippen LogP contribution in [-0.2, 0) is 9.53 Å². The second kappa shape index (κ2) is 14.5. The number of rotatable bonds is 14. The van der Waals surface area contributed by atoms with Gasteiger partial charge in [0.05, 0.1) is 13.0 Å². The van der Waals surface area contributed by atoms with Crippen LogP contribution >= 0.6 is 0 Å². The molecule has 1 N–H and O–H groups in total. The molecule has 214 valence electrons. The summed E-state index contributed by atoms with van der Waals surface area (Å²) in [6.45, 7) is 9.78. The van der Waals surface area contributed by atoms with Gasteiger partial charge >= 0.3 is 5.97 Å². The van der Waals surface area contributed by atoms with E-state index >= 15 is 0 Å². The SMILES string of the molecule is CCC(CC)[C@@H](Oc1cccc(-c2ccccc2)c1)[C@H](C)OC(=O)[C@@H](CC(=O)c1nccc(OC)c1O)C(C)C. The fraction of sp³-hybridized carbons (Fsp3) is 0.424. The average molecular weight is 548 g/mol. The van der Waals surface area contributed by atoms with Crippen molar-refractivity contribution < 1.29 is 28.9 Å². The maximum absolute atomic E-state index is 13.4. The van der Waals surface area contributed by atoms with E-state index in [1.807, 2.05) is 63.2 Å². The van der Waals surface area contributed by atoms with Crippen molar-refractivity contribution in [2.24, 2.45) is 17.8 Å². The minimum atomic E-state index is -0.717. The zero-order chi connectivity index (χ0) is 29.2. The van der Waals surface area contributed by atoms with Crippen molar-refractivity contribution in [3.8, 4) is 28.4 Å². The number of methoxy groups -OCH3 is 1. The molecule has 3 rings (SSSR count). The molecule has 0 aliphatic heterocycles. The highest BCUT2D eigenvalue weighted by atomic mass is 16.6. The third kappa shape index (κ3) is 7.62. The Balaban J connectivity index is 1.78. The number of pyridine rings is 1. The second-order valence-electron chi connectivity index (χ2n) is 10.4. The number of aromatic hydroxyl groups is 1. The van der Waals surface area contributed by atoms with E-state index in [-0.39, 0.29) is 41.6 Å². The van der Waals surface area contributed by atoms with E-state index < -0.39 is 23.8 Å². The fourth-order valence-corrected chi connectivity index (χ4v) is 4.90. The van der Waals surface area contributed by atoms with Crippen molar-refractivity contribution >= 4 is 11.8 Å². The first-order valence-electron chi connectivity index (χ1n) is 14.0. The summed E-state index contributed by atoms with van der Waals surface area (Å²) < 4.78 is 17.6. The van der Waals surface area contributed by atoms with Crippen LogP contribution in [0.4, 0.5) is 0 Å². The van der Waals surface area contributed by atoms with Crippen molar-refractivity contribution in [1.29, 1.82) is 0 Å². The molecule has 0 bridgehead atoms. The van der Waals surface area contributed by atoms with Gasteiger partial charge in [0.2, 0.25) is 0 Å². The minimum absolute atomic E-state index is 0.123. The number of hydrogen-bond acceptors (Lipinski definition) is 7. The molecule has 2 aromatic carbocycles. The van der Waals surface area contributed by atoms with Gasteiger partial charge in [0.1, 0.15) is 18.0 Å². The van der Waals surface area contributed by atoms with Gasteiger partial charge in [-0.2, -0.15) is 0 Å². The maximum atomic E-state index is 13.4. The third-order valence-corrected chi connectivity index (χ3v) is 7.38. The monoisotopic (exact) mass is 547 g/mol. The standard InChI is InChI=1S/C33H41NO6/c1-7-23(8-2)32(40-26-16-12-15-25(19-26)24-13-10-9-11-14-24)22(5)39-33(37)27(21(3)4)20-28(35)30-31(36)29(38-6)17-18-34-30/h9-19,21-23,27,32,36H,7-8,20H2,1-6H3/t22-,27-,32-/m0/s1. The number of ketones is 1. The predicted octanol–water partition coefficient (Wildman–Crippen LogP) is 7.12. The highest BCUT2D eigenvalue weighted by Crippen LogP contribution is 2.32. The number of esters is 1. The molecule has 0 spiro atoms. The van der Waals surface area contributed by atoms with Crippen molar-refractivity contribution in [2.75, 3.05) is 7.11 Å². The van der Waals surface area contributed by atoms with Crippen LogP contribution in [0.25, 0.3) is 11.1 Å². The summed E-state index contributed by atoms with van der Waals surface area (Å²) in [6.07, 6.45) is 2.02. The molecule has 0 aliphatic carbocycles. The quantitative estimate of drug-likeness (QED) is 0.170. The number of benzene rings is 2. The lowest BCUT2D eigenvalue weighted by atomic mass is 9.89. The number of Topliss-reactive ketones (excluding diaryl/α,β-unsaturated/α-hetero) is 1. The van der Waals surface area contributed by atoms with Gasteiger partial charge in [-0.25, -0.2) is 4.98 Å². The molecule has 3 aromatic rings. The lowest BCUT2D eigenvalue weighted by molar-refractivity contribution is -0.161.